The normalized spacial score (nSPS) is 15.3. The minimum Gasteiger partial charge on any atom is -0.368 e. The summed E-state index contributed by atoms with van der Waals surface area (Å²) in [7, 11) is 0. The van der Waals surface area contributed by atoms with Crippen molar-refractivity contribution in [3.8, 4) is 0 Å². The van der Waals surface area contributed by atoms with Crippen LogP contribution >= 0.6 is 15.9 Å². The van der Waals surface area contributed by atoms with Gasteiger partial charge in [0.1, 0.15) is 0 Å². The lowest BCUT2D eigenvalue weighted by Crippen LogP contribution is -2.44. The number of primary amides is 1. The average Bonchev–Trinajstić information content (AvgIpc) is 2.87. The van der Waals surface area contributed by atoms with Crippen LogP contribution in [0.1, 0.15) is 41.6 Å². The van der Waals surface area contributed by atoms with Crippen LogP contribution in [0, 0.1) is 6.92 Å². The Morgan fingerprint density at radius 3 is 2.50 bits per heavy atom. The number of benzene rings is 1. The Hall–Kier alpha value is -1.36. The van der Waals surface area contributed by atoms with Gasteiger partial charge in [-0.15, -0.1) is 0 Å². The van der Waals surface area contributed by atoms with Crippen LogP contribution in [0.15, 0.2) is 22.7 Å². The number of hydrogen-bond acceptors (Lipinski definition) is 2. The van der Waals surface area contributed by atoms with Gasteiger partial charge in [0, 0.05) is 16.1 Å². The largest absolute Gasteiger partial charge is 0.368 e. The fourth-order valence-electron chi connectivity index (χ4n) is 2.78. The predicted molar refractivity (Wildman–Crippen MR) is 81.4 cm³/mol. The second kappa shape index (κ2) is 6.39. The van der Waals surface area contributed by atoms with Crippen LogP contribution in [0.2, 0.25) is 0 Å². The van der Waals surface area contributed by atoms with E-state index >= 15 is 0 Å². The second-order valence-corrected chi connectivity index (χ2v) is 6.27. The van der Waals surface area contributed by atoms with Gasteiger partial charge in [0.05, 0.1) is 6.54 Å². The zero-order chi connectivity index (χ0) is 14.7. The van der Waals surface area contributed by atoms with Crippen LogP contribution in [0.25, 0.3) is 0 Å². The van der Waals surface area contributed by atoms with Crippen LogP contribution in [0.5, 0.6) is 0 Å². The van der Waals surface area contributed by atoms with Crippen molar-refractivity contribution < 1.29 is 9.59 Å². The summed E-state index contributed by atoms with van der Waals surface area (Å²) >= 11 is 3.40. The molecule has 2 rings (SSSR count). The molecule has 0 radical (unpaired) electrons. The molecule has 108 valence electrons. The molecule has 1 aliphatic rings. The lowest BCUT2D eigenvalue weighted by Gasteiger charge is -2.28. The number of rotatable bonds is 4. The number of carbonyl (C=O) groups excluding carboxylic acids is 2. The predicted octanol–water partition coefficient (Wildman–Crippen LogP) is 2.63. The summed E-state index contributed by atoms with van der Waals surface area (Å²) in [6.07, 6.45) is 4.10. The number of nitrogens with zero attached hydrogens (tertiary/aromatic N) is 1. The molecule has 0 saturated heterocycles. The molecule has 0 aromatic heterocycles. The van der Waals surface area contributed by atoms with Gasteiger partial charge in [-0.25, -0.2) is 0 Å². The smallest absolute Gasteiger partial charge is 0.254 e. The Kier molecular flexibility index (Phi) is 4.81. The van der Waals surface area contributed by atoms with E-state index in [-0.39, 0.29) is 18.5 Å². The van der Waals surface area contributed by atoms with Crippen LogP contribution in [0.3, 0.4) is 0 Å². The van der Waals surface area contributed by atoms with E-state index in [9.17, 15) is 9.59 Å². The fourth-order valence-corrected chi connectivity index (χ4v) is 3.38. The van der Waals surface area contributed by atoms with Crippen LogP contribution in [-0.2, 0) is 4.79 Å². The Morgan fingerprint density at radius 2 is 1.95 bits per heavy atom. The van der Waals surface area contributed by atoms with Gasteiger partial charge in [-0.3, -0.25) is 9.59 Å². The fraction of sp³-hybridized carbons (Fsp3) is 0.467. The first-order valence-corrected chi connectivity index (χ1v) is 7.63. The van der Waals surface area contributed by atoms with E-state index in [1.807, 2.05) is 19.1 Å². The van der Waals surface area contributed by atoms with Crippen LogP contribution in [0.4, 0.5) is 0 Å². The zero-order valence-corrected chi connectivity index (χ0v) is 13.1. The first-order chi connectivity index (χ1) is 9.47. The minimum atomic E-state index is -0.461. The topological polar surface area (TPSA) is 63.4 Å². The third-order valence-corrected chi connectivity index (χ3v) is 4.10. The van der Waals surface area contributed by atoms with Gasteiger partial charge in [-0.1, -0.05) is 28.8 Å². The number of hydrogen-bond donors (Lipinski definition) is 1. The highest BCUT2D eigenvalue weighted by molar-refractivity contribution is 9.10. The molecule has 0 spiro atoms. The molecular formula is C15H19BrN2O2. The Balaban J connectivity index is 2.26. The first kappa shape index (κ1) is 15.0. The molecule has 1 aromatic carbocycles. The molecule has 1 fully saturated rings. The molecule has 1 saturated carbocycles. The highest BCUT2D eigenvalue weighted by atomic mass is 79.9. The van der Waals surface area contributed by atoms with Gasteiger partial charge < -0.3 is 10.6 Å². The molecule has 1 aromatic rings. The van der Waals surface area contributed by atoms with Crippen molar-refractivity contribution in [2.24, 2.45) is 5.73 Å². The second-order valence-electron chi connectivity index (χ2n) is 5.35. The van der Waals surface area contributed by atoms with E-state index in [4.69, 9.17) is 5.73 Å². The molecule has 1 aliphatic carbocycles. The molecule has 0 heterocycles. The summed E-state index contributed by atoms with van der Waals surface area (Å²) in [5.41, 5.74) is 6.90. The molecule has 0 unspecified atom stereocenters. The van der Waals surface area contributed by atoms with E-state index < -0.39 is 5.91 Å². The lowest BCUT2D eigenvalue weighted by atomic mass is 10.1. The highest BCUT2D eigenvalue weighted by Gasteiger charge is 2.28. The number of carbonyl (C=O) groups is 2. The molecule has 4 nitrogen and oxygen atoms in total. The molecule has 0 aliphatic heterocycles. The van der Waals surface area contributed by atoms with E-state index in [0.29, 0.717) is 5.56 Å². The standard InChI is InChI=1S/C15H19BrN2O2/c1-10-6-11(8-12(16)7-10)15(20)18(9-14(17)19)13-4-2-3-5-13/h6-8,13H,2-5,9H2,1H3,(H2,17,19). The Bertz CT molecular complexity index is 504. The summed E-state index contributed by atoms with van der Waals surface area (Å²) in [5.74, 6) is -0.572. The van der Waals surface area contributed by atoms with Crippen molar-refractivity contribution in [1.29, 1.82) is 0 Å². The maximum atomic E-state index is 12.7. The van der Waals surface area contributed by atoms with Gasteiger partial charge in [-0.05, 0) is 43.5 Å². The Morgan fingerprint density at radius 1 is 1.30 bits per heavy atom. The van der Waals surface area contributed by atoms with Crippen LogP contribution < -0.4 is 5.73 Å². The number of halogens is 1. The molecule has 2 amide bonds. The SMILES string of the molecule is Cc1cc(Br)cc(C(=O)N(CC(N)=O)C2CCCC2)c1. The molecule has 0 bridgehead atoms. The highest BCUT2D eigenvalue weighted by Crippen LogP contribution is 2.25. The summed E-state index contributed by atoms with van der Waals surface area (Å²) in [5, 5.41) is 0. The third kappa shape index (κ3) is 3.60. The first-order valence-electron chi connectivity index (χ1n) is 6.84. The van der Waals surface area contributed by atoms with Crippen molar-refractivity contribution in [2.75, 3.05) is 6.54 Å². The van der Waals surface area contributed by atoms with Gasteiger partial charge in [0.15, 0.2) is 0 Å². The quantitative estimate of drug-likeness (QED) is 0.917. The third-order valence-electron chi connectivity index (χ3n) is 3.64. The molecular weight excluding hydrogens is 320 g/mol. The summed E-state index contributed by atoms with van der Waals surface area (Å²) in [6.45, 7) is 1.94. The summed E-state index contributed by atoms with van der Waals surface area (Å²) in [6, 6.07) is 5.72. The lowest BCUT2D eigenvalue weighted by molar-refractivity contribution is -0.119. The number of nitrogens with two attached hydrogens (primary N) is 1. The van der Waals surface area contributed by atoms with Crippen molar-refractivity contribution in [2.45, 2.75) is 38.6 Å². The van der Waals surface area contributed by atoms with E-state index in [2.05, 4.69) is 15.9 Å². The molecule has 2 N–H and O–H groups in total. The molecule has 5 heteroatoms. The molecule has 20 heavy (non-hydrogen) atoms. The number of amides is 2. The monoisotopic (exact) mass is 338 g/mol. The van der Waals surface area contributed by atoms with Gasteiger partial charge in [0.25, 0.3) is 5.91 Å². The van der Waals surface area contributed by atoms with Crippen molar-refractivity contribution in [1.82, 2.24) is 4.90 Å². The minimum absolute atomic E-state index is 0.00490. The molecule has 0 atom stereocenters. The van der Waals surface area contributed by atoms with Crippen LogP contribution in [-0.4, -0.2) is 29.3 Å². The summed E-state index contributed by atoms with van der Waals surface area (Å²) < 4.78 is 0.867. The maximum absolute atomic E-state index is 12.7. The van der Waals surface area contributed by atoms with Gasteiger partial charge in [-0.2, -0.15) is 0 Å². The van der Waals surface area contributed by atoms with Crippen molar-refractivity contribution in [3.63, 3.8) is 0 Å². The van der Waals surface area contributed by atoms with Gasteiger partial charge >= 0.3 is 0 Å². The maximum Gasteiger partial charge on any atom is 0.254 e. The van der Waals surface area contributed by atoms with E-state index in [1.54, 1.807) is 11.0 Å². The van der Waals surface area contributed by atoms with Crippen molar-refractivity contribution in [3.05, 3.63) is 33.8 Å². The Labute approximate surface area is 127 Å². The van der Waals surface area contributed by atoms with E-state index in [1.165, 1.54) is 0 Å². The summed E-state index contributed by atoms with van der Waals surface area (Å²) in [4.78, 5) is 25.6. The van der Waals surface area contributed by atoms with E-state index in [0.717, 1.165) is 35.7 Å². The average molecular weight is 339 g/mol. The van der Waals surface area contributed by atoms with Crippen molar-refractivity contribution >= 4 is 27.7 Å². The zero-order valence-electron chi connectivity index (χ0n) is 11.6. The number of aryl methyl sites for hydroxylation is 1. The van der Waals surface area contributed by atoms with Gasteiger partial charge in [0.2, 0.25) is 5.91 Å².